The molecule has 4 nitrogen and oxygen atoms in total. The minimum Gasteiger partial charge on any atom is -0.497 e. The fraction of sp³-hybridized carbons (Fsp3) is 0.0400. The van der Waals surface area contributed by atoms with E-state index in [0.29, 0.717) is 5.56 Å². The first-order chi connectivity index (χ1) is 14.6. The molecule has 0 aliphatic heterocycles. The summed E-state index contributed by atoms with van der Waals surface area (Å²) >= 11 is 3.47. The normalized spacial score (nSPS) is 11.0. The molecule has 30 heavy (non-hydrogen) atoms. The maximum absolute atomic E-state index is 12.6. The van der Waals surface area contributed by atoms with Gasteiger partial charge in [-0.3, -0.25) is 4.79 Å². The van der Waals surface area contributed by atoms with Crippen molar-refractivity contribution in [3.8, 4) is 22.7 Å². The molecule has 1 heterocycles. The van der Waals surface area contributed by atoms with Gasteiger partial charge in [0, 0.05) is 27.4 Å². The monoisotopic (exact) mass is 458 g/mol. The van der Waals surface area contributed by atoms with E-state index in [4.69, 9.17) is 9.84 Å². The highest BCUT2D eigenvalue weighted by atomic mass is 79.9. The van der Waals surface area contributed by atoms with E-state index in [-0.39, 0.29) is 5.78 Å². The quantitative estimate of drug-likeness (QED) is 0.255. The van der Waals surface area contributed by atoms with Crippen molar-refractivity contribution in [3.63, 3.8) is 0 Å². The smallest absolute Gasteiger partial charge is 0.185 e. The maximum atomic E-state index is 12.6. The van der Waals surface area contributed by atoms with Gasteiger partial charge < -0.3 is 4.74 Å². The van der Waals surface area contributed by atoms with E-state index >= 15 is 0 Å². The van der Waals surface area contributed by atoms with Gasteiger partial charge in [-0.1, -0.05) is 46.3 Å². The molecule has 0 bridgehead atoms. The van der Waals surface area contributed by atoms with Crippen LogP contribution in [0.5, 0.6) is 5.75 Å². The second kappa shape index (κ2) is 8.93. The molecular weight excluding hydrogens is 440 g/mol. The summed E-state index contributed by atoms with van der Waals surface area (Å²) in [6.07, 6.45) is 5.33. The Morgan fingerprint density at radius 3 is 2.33 bits per heavy atom. The number of ether oxygens (including phenoxy) is 1. The van der Waals surface area contributed by atoms with E-state index in [1.807, 2.05) is 71.6 Å². The van der Waals surface area contributed by atoms with Crippen molar-refractivity contribution in [3.05, 3.63) is 107 Å². The predicted octanol–water partition coefficient (Wildman–Crippen LogP) is 6.21. The summed E-state index contributed by atoms with van der Waals surface area (Å²) in [5.74, 6) is 0.643. The van der Waals surface area contributed by atoms with E-state index in [2.05, 4.69) is 15.9 Å². The van der Waals surface area contributed by atoms with E-state index in [9.17, 15) is 4.79 Å². The highest BCUT2D eigenvalue weighted by molar-refractivity contribution is 9.10. The number of ketones is 1. The van der Waals surface area contributed by atoms with Gasteiger partial charge in [-0.15, -0.1) is 0 Å². The average molecular weight is 459 g/mol. The van der Waals surface area contributed by atoms with Crippen molar-refractivity contribution in [2.45, 2.75) is 0 Å². The summed E-state index contributed by atoms with van der Waals surface area (Å²) in [5.41, 5.74) is 4.21. The summed E-state index contributed by atoms with van der Waals surface area (Å²) in [7, 11) is 1.60. The minimum atomic E-state index is -0.0770. The summed E-state index contributed by atoms with van der Waals surface area (Å²) in [5, 5.41) is 4.78. The minimum absolute atomic E-state index is 0.0770. The van der Waals surface area contributed by atoms with Crippen molar-refractivity contribution >= 4 is 27.8 Å². The lowest BCUT2D eigenvalue weighted by Gasteiger charge is -2.01. The van der Waals surface area contributed by atoms with Crippen molar-refractivity contribution < 1.29 is 9.53 Å². The van der Waals surface area contributed by atoms with Crippen LogP contribution in [-0.2, 0) is 0 Å². The zero-order chi connectivity index (χ0) is 20.9. The first-order valence-corrected chi connectivity index (χ1v) is 10.2. The Labute approximate surface area is 183 Å². The standard InChI is InChI=1S/C25H19BrN2O2/c1-30-23-14-9-18(10-15-23)24(29)16-11-20-17-28(22-5-3-2-4-6-22)27-25(20)19-7-12-21(26)13-8-19/h2-17H,1H3/b16-11-. The molecule has 5 heteroatoms. The predicted molar refractivity (Wildman–Crippen MR) is 123 cm³/mol. The fourth-order valence-corrected chi connectivity index (χ4v) is 3.34. The number of nitrogens with zero attached hydrogens (tertiary/aromatic N) is 2. The van der Waals surface area contributed by atoms with Crippen LogP contribution in [0.3, 0.4) is 0 Å². The Balaban J connectivity index is 1.69. The van der Waals surface area contributed by atoms with Crippen LogP contribution in [0.15, 0.2) is 95.6 Å². The van der Waals surface area contributed by atoms with Gasteiger partial charge in [-0.05, 0) is 60.7 Å². The molecule has 0 radical (unpaired) electrons. The van der Waals surface area contributed by atoms with Gasteiger partial charge in [0.15, 0.2) is 5.78 Å². The number of carbonyl (C=O) groups is 1. The largest absolute Gasteiger partial charge is 0.497 e. The number of benzene rings is 3. The summed E-state index contributed by atoms with van der Waals surface area (Å²) in [4.78, 5) is 12.6. The third-order valence-corrected chi connectivity index (χ3v) is 5.20. The molecule has 148 valence electrons. The number of para-hydroxylation sites is 1. The topological polar surface area (TPSA) is 44.1 Å². The molecule has 0 saturated carbocycles. The molecule has 0 unspecified atom stereocenters. The molecule has 0 atom stereocenters. The van der Waals surface area contributed by atoms with Gasteiger partial charge in [0.1, 0.15) is 5.75 Å². The number of hydrogen-bond donors (Lipinski definition) is 0. The van der Waals surface area contributed by atoms with Crippen LogP contribution in [0.2, 0.25) is 0 Å². The van der Waals surface area contributed by atoms with Crippen molar-refractivity contribution in [1.82, 2.24) is 9.78 Å². The van der Waals surface area contributed by atoms with Crippen LogP contribution >= 0.6 is 15.9 Å². The van der Waals surface area contributed by atoms with Crippen LogP contribution in [0, 0.1) is 0 Å². The number of hydrogen-bond acceptors (Lipinski definition) is 3. The van der Waals surface area contributed by atoms with Gasteiger partial charge in [-0.25, -0.2) is 4.68 Å². The number of allylic oxidation sites excluding steroid dienone is 1. The van der Waals surface area contributed by atoms with E-state index in [1.54, 1.807) is 37.5 Å². The van der Waals surface area contributed by atoms with E-state index in [1.165, 1.54) is 0 Å². The van der Waals surface area contributed by atoms with Crippen molar-refractivity contribution in [1.29, 1.82) is 0 Å². The summed E-state index contributed by atoms with van der Waals surface area (Å²) in [6, 6.07) is 24.9. The van der Waals surface area contributed by atoms with Gasteiger partial charge in [-0.2, -0.15) is 5.10 Å². The number of carbonyl (C=O) groups excluding carboxylic acids is 1. The van der Waals surface area contributed by atoms with Crippen molar-refractivity contribution in [2.75, 3.05) is 7.11 Å². The average Bonchev–Trinajstić information content (AvgIpc) is 3.23. The third kappa shape index (κ3) is 4.42. The lowest BCUT2D eigenvalue weighted by molar-refractivity contribution is 0.104. The molecule has 3 aromatic carbocycles. The second-order valence-electron chi connectivity index (χ2n) is 6.65. The Bertz CT molecular complexity index is 1180. The van der Waals surface area contributed by atoms with Gasteiger partial charge in [0.25, 0.3) is 0 Å². The number of rotatable bonds is 6. The van der Waals surface area contributed by atoms with Gasteiger partial charge in [0.2, 0.25) is 0 Å². The van der Waals surface area contributed by atoms with Crippen LogP contribution in [-0.4, -0.2) is 22.7 Å². The van der Waals surface area contributed by atoms with Crippen LogP contribution < -0.4 is 4.74 Å². The lowest BCUT2D eigenvalue weighted by atomic mass is 10.1. The number of aromatic nitrogens is 2. The molecule has 0 amide bonds. The lowest BCUT2D eigenvalue weighted by Crippen LogP contribution is -1.94. The first kappa shape index (κ1) is 19.9. The molecule has 0 fully saturated rings. The number of halogens is 1. The van der Waals surface area contributed by atoms with Crippen LogP contribution in [0.25, 0.3) is 23.0 Å². The number of methoxy groups -OCH3 is 1. The van der Waals surface area contributed by atoms with E-state index in [0.717, 1.165) is 32.7 Å². The molecule has 4 aromatic rings. The van der Waals surface area contributed by atoms with Crippen LogP contribution in [0.4, 0.5) is 0 Å². The molecule has 0 spiro atoms. The Hall–Kier alpha value is -3.44. The molecule has 0 aliphatic carbocycles. The molecule has 4 rings (SSSR count). The SMILES string of the molecule is COc1ccc(C(=O)/C=C\c2cn(-c3ccccc3)nc2-c2ccc(Br)cc2)cc1. The molecule has 0 N–H and O–H groups in total. The van der Waals surface area contributed by atoms with Gasteiger partial charge >= 0.3 is 0 Å². The Morgan fingerprint density at radius 2 is 1.67 bits per heavy atom. The van der Waals surface area contributed by atoms with Crippen molar-refractivity contribution in [2.24, 2.45) is 0 Å². The zero-order valence-corrected chi connectivity index (χ0v) is 17.9. The highest BCUT2D eigenvalue weighted by Gasteiger charge is 2.11. The van der Waals surface area contributed by atoms with E-state index < -0.39 is 0 Å². The zero-order valence-electron chi connectivity index (χ0n) is 16.3. The van der Waals surface area contributed by atoms with Gasteiger partial charge in [0.05, 0.1) is 18.5 Å². The van der Waals surface area contributed by atoms with Crippen LogP contribution in [0.1, 0.15) is 15.9 Å². The second-order valence-corrected chi connectivity index (χ2v) is 7.56. The molecule has 0 saturated heterocycles. The Morgan fingerprint density at radius 1 is 0.967 bits per heavy atom. The molecule has 0 aliphatic rings. The summed E-state index contributed by atoms with van der Waals surface area (Å²) in [6.45, 7) is 0. The first-order valence-electron chi connectivity index (χ1n) is 9.41. The summed E-state index contributed by atoms with van der Waals surface area (Å²) < 4.78 is 7.98. The Kier molecular flexibility index (Phi) is 5.91. The third-order valence-electron chi connectivity index (χ3n) is 4.67. The molecule has 1 aromatic heterocycles. The fourth-order valence-electron chi connectivity index (χ4n) is 3.07. The maximum Gasteiger partial charge on any atom is 0.185 e. The molecular formula is C25H19BrN2O2. The highest BCUT2D eigenvalue weighted by Crippen LogP contribution is 2.26.